The molecule has 0 fully saturated rings. The van der Waals surface area contributed by atoms with Crippen LogP contribution in [-0.2, 0) is 14.3 Å². The molecule has 0 radical (unpaired) electrons. The highest BCUT2D eigenvalue weighted by atomic mass is 16.5. The fraction of sp³-hybridized carbons (Fsp3) is 0.375. The average molecular weight is 424 g/mol. The normalized spacial score (nSPS) is 14.1. The minimum absolute atomic E-state index is 0.0214. The lowest BCUT2D eigenvalue weighted by Crippen LogP contribution is -2.48. The van der Waals surface area contributed by atoms with E-state index in [0.29, 0.717) is 12.8 Å². The molecule has 1 aliphatic carbocycles. The monoisotopic (exact) mass is 424 g/mol. The molecule has 0 heterocycles. The molecule has 31 heavy (non-hydrogen) atoms. The molecule has 3 N–H and O–H groups in total. The highest BCUT2D eigenvalue weighted by Crippen LogP contribution is 2.44. The van der Waals surface area contributed by atoms with Gasteiger partial charge in [-0.15, -0.1) is 0 Å². The second kappa shape index (κ2) is 10.1. The number of amides is 2. The van der Waals surface area contributed by atoms with Gasteiger partial charge < -0.3 is 20.5 Å². The molecule has 2 aromatic rings. The molecule has 164 valence electrons. The Bertz CT molecular complexity index is 913. The Labute approximate surface area is 181 Å². The molecular weight excluding hydrogens is 396 g/mol. The van der Waals surface area contributed by atoms with Crippen molar-refractivity contribution in [3.05, 3.63) is 59.7 Å². The number of ether oxygens (including phenoxy) is 1. The maximum Gasteiger partial charge on any atom is 0.407 e. The molecule has 2 aromatic carbocycles. The van der Waals surface area contributed by atoms with Gasteiger partial charge in [-0.05, 0) is 35.1 Å². The van der Waals surface area contributed by atoms with Gasteiger partial charge in [-0.1, -0.05) is 62.4 Å². The van der Waals surface area contributed by atoms with E-state index in [1.807, 2.05) is 36.4 Å². The molecule has 2 atom stereocenters. The Morgan fingerprint density at radius 2 is 1.55 bits per heavy atom. The standard InChI is InChI=1S/C24H28N2O5/c1-3-15(23(28)29)13-25-22(27)21(4-2)26-24(30)31-14-20-18-11-7-5-9-16(18)17-10-6-8-12-19(17)20/h5-12,15,20-21H,3-4,13-14H2,1-2H3,(H,25,27)(H,26,30)(H,28,29)/t15?,21-/m1/s1. The van der Waals surface area contributed by atoms with E-state index in [1.165, 1.54) is 0 Å². The second-order valence-electron chi connectivity index (χ2n) is 7.62. The van der Waals surface area contributed by atoms with Crippen LogP contribution in [0.3, 0.4) is 0 Å². The van der Waals surface area contributed by atoms with Crippen molar-refractivity contribution >= 4 is 18.0 Å². The first-order chi connectivity index (χ1) is 15.0. The summed E-state index contributed by atoms with van der Waals surface area (Å²) >= 11 is 0. The summed E-state index contributed by atoms with van der Waals surface area (Å²) < 4.78 is 5.48. The van der Waals surface area contributed by atoms with Crippen LogP contribution in [0.25, 0.3) is 11.1 Å². The third kappa shape index (κ3) is 5.05. The van der Waals surface area contributed by atoms with Gasteiger partial charge in [-0.2, -0.15) is 0 Å². The van der Waals surface area contributed by atoms with Gasteiger partial charge in [0.2, 0.25) is 5.91 Å². The molecule has 7 heteroatoms. The maximum absolute atomic E-state index is 12.4. The number of hydrogen-bond donors (Lipinski definition) is 3. The zero-order chi connectivity index (χ0) is 22.4. The van der Waals surface area contributed by atoms with E-state index in [2.05, 4.69) is 22.8 Å². The molecule has 0 aromatic heterocycles. The Hall–Kier alpha value is -3.35. The molecule has 1 unspecified atom stereocenters. The summed E-state index contributed by atoms with van der Waals surface area (Å²) in [6.07, 6.45) is 0.0979. The lowest BCUT2D eigenvalue weighted by Gasteiger charge is -2.19. The Balaban J connectivity index is 1.58. The van der Waals surface area contributed by atoms with Crippen molar-refractivity contribution in [1.82, 2.24) is 10.6 Å². The SMILES string of the molecule is CCC(CNC(=O)[C@@H](CC)NC(=O)OCC1c2ccccc2-c2ccccc21)C(=O)O. The highest BCUT2D eigenvalue weighted by molar-refractivity contribution is 5.86. The minimum atomic E-state index is -0.958. The zero-order valence-corrected chi connectivity index (χ0v) is 17.8. The van der Waals surface area contributed by atoms with Crippen molar-refractivity contribution in [3.8, 4) is 11.1 Å². The Morgan fingerprint density at radius 3 is 2.06 bits per heavy atom. The summed E-state index contributed by atoms with van der Waals surface area (Å²) in [5.74, 6) is -2.10. The molecule has 7 nitrogen and oxygen atoms in total. The molecule has 3 rings (SSSR count). The van der Waals surface area contributed by atoms with Gasteiger partial charge >= 0.3 is 12.1 Å². The van der Waals surface area contributed by atoms with Crippen LogP contribution in [-0.4, -0.2) is 42.3 Å². The van der Waals surface area contributed by atoms with Crippen LogP contribution >= 0.6 is 0 Å². The summed E-state index contributed by atoms with van der Waals surface area (Å²) in [7, 11) is 0. The predicted molar refractivity (Wildman–Crippen MR) is 117 cm³/mol. The van der Waals surface area contributed by atoms with Crippen molar-refractivity contribution in [1.29, 1.82) is 0 Å². The van der Waals surface area contributed by atoms with Crippen LogP contribution in [0.4, 0.5) is 4.79 Å². The van der Waals surface area contributed by atoms with Crippen LogP contribution in [0.1, 0.15) is 43.7 Å². The molecule has 0 aliphatic heterocycles. The maximum atomic E-state index is 12.4. The highest BCUT2D eigenvalue weighted by Gasteiger charge is 2.29. The van der Waals surface area contributed by atoms with Gasteiger partial charge in [-0.25, -0.2) is 4.79 Å². The number of nitrogens with one attached hydrogen (secondary N) is 2. The van der Waals surface area contributed by atoms with Crippen molar-refractivity contribution in [3.63, 3.8) is 0 Å². The number of carboxylic acid groups (broad SMARTS) is 1. The topological polar surface area (TPSA) is 105 Å². The van der Waals surface area contributed by atoms with Crippen molar-refractivity contribution in [2.24, 2.45) is 5.92 Å². The first-order valence-electron chi connectivity index (χ1n) is 10.6. The largest absolute Gasteiger partial charge is 0.481 e. The number of fused-ring (bicyclic) bond motifs is 3. The molecule has 0 spiro atoms. The van der Waals surface area contributed by atoms with Gasteiger partial charge in [0.05, 0.1) is 5.92 Å². The third-order valence-corrected chi connectivity index (χ3v) is 5.73. The van der Waals surface area contributed by atoms with Crippen LogP contribution in [0.5, 0.6) is 0 Å². The average Bonchev–Trinajstić information content (AvgIpc) is 3.10. The van der Waals surface area contributed by atoms with E-state index in [1.54, 1.807) is 13.8 Å². The summed E-state index contributed by atoms with van der Waals surface area (Å²) in [5, 5.41) is 14.3. The van der Waals surface area contributed by atoms with Crippen molar-refractivity contribution in [2.45, 2.75) is 38.6 Å². The quantitative estimate of drug-likeness (QED) is 0.571. The van der Waals surface area contributed by atoms with E-state index in [9.17, 15) is 14.4 Å². The first kappa shape index (κ1) is 22.3. The minimum Gasteiger partial charge on any atom is -0.481 e. The van der Waals surface area contributed by atoms with Crippen LogP contribution in [0.2, 0.25) is 0 Å². The number of aliphatic carboxylic acids is 1. The molecule has 0 saturated carbocycles. The predicted octanol–water partition coefficient (Wildman–Crippen LogP) is 3.53. The van der Waals surface area contributed by atoms with Crippen molar-refractivity contribution in [2.75, 3.05) is 13.2 Å². The number of carboxylic acids is 1. The van der Waals surface area contributed by atoms with Gasteiger partial charge in [0.15, 0.2) is 0 Å². The second-order valence-corrected chi connectivity index (χ2v) is 7.62. The lowest BCUT2D eigenvalue weighted by molar-refractivity contribution is -0.141. The lowest BCUT2D eigenvalue weighted by atomic mass is 9.98. The number of alkyl carbamates (subject to hydrolysis) is 1. The number of carbonyl (C=O) groups excluding carboxylic acids is 2. The van der Waals surface area contributed by atoms with Crippen LogP contribution in [0.15, 0.2) is 48.5 Å². The van der Waals surface area contributed by atoms with E-state index < -0.39 is 29.9 Å². The first-order valence-corrected chi connectivity index (χ1v) is 10.6. The number of hydrogen-bond acceptors (Lipinski definition) is 4. The van der Waals surface area contributed by atoms with Gasteiger partial charge in [-0.3, -0.25) is 9.59 Å². The van der Waals surface area contributed by atoms with E-state index in [0.717, 1.165) is 22.3 Å². The van der Waals surface area contributed by atoms with E-state index >= 15 is 0 Å². The fourth-order valence-electron chi connectivity index (χ4n) is 3.89. The van der Waals surface area contributed by atoms with Gasteiger partial charge in [0, 0.05) is 12.5 Å². The molecule has 1 aliphatic rings. The summed E-state index contributed by atoms with van der Waals surface area (Å²) in [6, 6.07) is 15.3. The summed E-state index contributed by atoms with van der Waals surface area (Å²) in [6.45, 7) is 3.70. The number of carbonyl (C=O) groups is 3. The third-order valence-electron chi connectivity index (χ3n) is 5.73. The van der Waals surface area contributed by atoms with Crippen LogP contribution in [0, 0.1) is 5.92 Å². The zero-order valence-electron chi connectivity index (χ0n) is 17.8. The van der Waals surface area contributed by atoms with E-state index in [4.69, 9.17) is 9.84 Å². The number of benzene rings is 2. The molecule has 0 bridgehead atoms. The molecule has 0 saturated heterocycles. The van der Waals surface area contributed by atoms with Gasteiger partial charge in [0.1, 0.15) is 12.6 Å². The molecule has 2 amide bonds. The van der Waals surface area contributed by atoms with Crippen molar-refractivity contribution < 1.29 is 24.2 Å². The van der Waals surface area contributed by atoms with Gasteiger partial charge in [0.25, 0.3) is 0 Å². The smallest absolute Gasteiger partial charge is 0.407 e. The summed E-state index contributed by atoms with van der Waals surface area (Å²) in [4.78, 5) is 35.9. The Morgan fingerprint density at radius 1 is 0.968 bits per heavy atom. The van der Waals surface area contributed by atoms with E-state index in [-0.39, 0.29) is 19.1 Å². The number of rotatable bonds is 9. The fourth-order valence-corrected chi connectivity index (χ4v) is 3.89. The summed E-state index contributed by atoms with van der Waals surface area (Å²) in [5.41, 5.74) is 4.50. The van der Waals surface area contributed by atoms with Crippen LogP contribution < -0.4 is 10.6 Å². The molecular formula is C24H28N2O5. The Kier molecular flexibility index (Phi) is 7.28.